The van der Waals surface area contributed by atoms with Gasteiger partial charge in [-0.3, -0.25) is 4.79 Å². The van der Waals surface area contributed by atoms with Crippen LogP contribution in [0.1, 0.15) is 48.8 Å². The van der Waals surface area contributed by atoms with Crippen molar-refractivity contribution in [3.8, 4) is 24.2 Å². The molecule has 3 rings (SSSR count). The van der Waals surface area contributed by atoms with E-state index in [1.54, 1.807) is 12.1 Å². The van der Waals surface area contributed by atoms with Gasteiger partial charge in [0.1, 0.15) is 6.61 Å². The van der Waals surface area contributed by atoms with Crippen molar-refractivity contribution in [2.75, 3.05) is 6.61 Å². The van der Waals surface area contributed by atoms with E-state index in [-0.39, 0.29) is 35.7 Å². The van der Waals surface area contributed by atoms with Crippen molar-refractivity contribution in [3.63, 3.8) is 0 Å². The van der Waals surface area contributed by atoms with Gasteiger partial charge in [0.15, 0.2) is 0 Å². The lowest BCUT2D eigenvalue weighted by atomic mass is 9.98. The van der Waals surface area contributed by atoms with Crippen LogP contribution in [-0.4, -0.2) is 26.7 Å². The van der Waals surface area contributed by atoms with Crippen molar-refractivity contribution in [1.29, 1.82) is 0 Å². The molecule has 6 nitrogen and oxygen atoms in total. The Labute approximate surface area is 195 Å². The Kier molecular flexibility index (Phi) is 7.92. The molecule has 0 heterocycles. The molecule has 0 aromatic heterocycles. The molecule has 2 aromatic carbocycles. The Balaban J connectivity index is 1.70. The largest absolute Gasteiger partial charge is 0.464 e. The smallest absolute Gasteiger partial charge is 0.306 e. The number of aryl methyl sites for hydroxylation is 1. The average Bonchev–Trinajstić information content (AvgIpc) is 3.15. The summed E-state index contributed by atoms with van der Waals surface area (Å²) in [6, 6.07) is 14.1. The Morgan fingerprint density at radius 3 is 2.67 bits per heavy atom. The molecule has 0 radical (unpaired) electrons. The molecule has 2 unspecified atom stereocenters. The highest BCUT2D eigenvalue weighted by molar-refractivity contribution is 7.89. The number of carbonyl (C=O) groups is 1. The number of nitrogens with zero attached hydrogens (tertiary/aromatic N) is 1. The van der Waals surface area contributed by atoms with Gasteiger partial charge in [-0.15, -0.1) is 6.42 Å². The van der Waals surface area contributed by atoms with Gasteiger partial charge in [0, 0.05) is 11.5 Å². The van der Waals surface area contributed by atoms with Gasteiger partial charge in [-0.25, -0.2) is 0 Å². The van der Waals surface area contributed by atoms with E-state index in [9.17, 15) is 13.2 Å². The molecular formula is C26H26N2O4S. The molecule has 0 bridgehead atoms. The molecule has 1 aliphatic rings. The summed E-state index contributed by atoms with van der Waals surface area (Å²) in [5.74, 6) is 7.14. The average molecular weight is 463 g/mol. The van der Waals surface area contributed by atoms with Crippen LogP contribution in [0.25, 0.3) is 0 Å². The second kappa shape index (κ2) is 10.8. The minimum absolute atomic E-state index is 0.103. The van der Waals surface area contributed by atoms with Crippen LogP contribution in [0.2, 0.25) is 0 Å². The van der Waals surface area contributed by atoms with Crippen LogP contribution in [-0.2, 0) is 19.6 Å². The number of fused-ring (bicyclic) bond motifs is 1. The van der Waals surface area contributed by atoms with Crippen molar-refractivity contribution in [1.82, 2.24) is 4.83 Å². The lowest BCUT2D eigenvalue weighted by Gasteiger charge is -2.12. The van der Waals surface area contributed by atoms with Gasteiger partial charge in [-0.2, -0.15) is 18.4 Å². The standard InChI is InChI=1S/C26H26N2O4S/c1-4-6-9-20(5-2)18-32-26(29)17-21-16-25(24-11-8-7-10-23(21)24)27-28-33(30,31)22-14-12-19(3)13-15-22/h1,7-8,10-15,20-21,28H,5,16-18H2,2-3H3/b27-25-. The summed E-state index contributed by atoms with van der Waals surface area (Å²) in [6.07, 6.45) is 6.48. The number of rotatable bonds is 8. The van der Waals surface area contributed by atoms with E-state index < -0.39 is 10.0 Å². The number of carbonyl (C=O) groups excluding carboxylic acids is 1. The van der Waals surface area contributed by atoms with E-state index in [2.05, 4.69) is 27.7 Å². The summed E-state index contributed by atoms with van der Waals surface area (Å²) in [5.41, 5.74) is 3.33. The lowest BCUT2D eigenvalue weighted by Crippen LogP contribution is -2.20. The highest BCUT2D eigenvalue weighted by Crippen LogP contribution is 2.36. The molecule has 0 spiro atoms. The second-order valence-electron chi connectivity index (χ2n) is 7.86. The Morgan fingerprint density at radius 1 is 1.24 bits per heavy atom. The highest BCUT2D eigenvalue weighted by Gasteiger charge is 2.30. The van der Waals surface area contributed by atoms with Crippen LogP contribution in [0.4, 0.5) is 0 Å². The maximum atomic E-state index is 12.6. The molecule has 0 amide bonds. The molecule has 170 valence electrons. The quantitative estimate of drug-likeness (QED) is 0.368. The first kappa shape index (κ1) is 24.1. The zero-order chi connectivity index (χ0) is 23.8. The molecule has 0 aliphatic heterocycles. The minimum atomic E-state index is -3.79. The van der Waals surface area contributed by atoms with Gasteiger partial charge in [-0.05, 0) is 49.3 Å². The van der Waals surface area contributed by atoms with Crippen molar-refractivity contribution >= 4 is 21.7 Å². The number of terminal acetylenes is 1. The van der Waals surface area contributed by atoms with Crippen molar-refractivity contribution in [3.05, 3.63) is 65.2 Å². The van der Waals surface area contributed by atoms with Crippen LogP contribution in [0.5, 0.6) is 0 Å². The maximum absolute atomic E-state index is 12.6. The van der Waals surface area contributed by atoms with Crippen molar-refractivity contribution in [2.24, 2.45) is 11.0 Å². The maximum Gasteiger partial charge on any atom is 0.306 e. The number of nitrogens with one attached hydrogen (secondary N) is 1. The molecule has 0 fully saturated rings. The van der Waals surface area contributed by atoms with Crippen LogP contribution in [0, 0.1) is 37.0 Å². The number of benzene rings is 2. The summed E-state index contributed by atoms with van der Waals surface area (Å²) in [7, 11) is -3.79. The van der Waals surface area contributed by atoms with E-state index in [4.69, 9.17) is 11.2 Å². The summed E-state index contributed by atoms with van der Waals surface area (Å²) in [6.45, 7) is 4.03. The fourth-order valence-electron chi connectivity index (χ4n) is 3.60. The number of esters is 1. The first-order valence-corrected chi connectivity index (χ1v) is 12.2. The third kappa shape index (κ3) is 6.25. The summed E-state index contributed by atoms with van der Waals surface area (Å²) in [5, 5.41) is 4.20. The first-order chi connectivity index (χ1) is 15.8. The fraction of sp³-hybridized carbons (Fsp3) is 0.308. The van der Waals surface area contributed by atoms with Crippen LogP contribution in [0.3, 0.4) is 0 Å². The van der Waals surface area contributed by atoms with Crippen LogP contribution >= 0.6 is 0 Å². The number of hydrogen-bond donors (Lipinski definition) is 1. The van der Waals surface area contributed by atoms with E-state index >= 15 is 0 Å². The molecule has 7 heteroatoms. The Bertz CT molecular complexity index is 1250. The molecule has 0 saturated carbocycles. The molecule has 2 atom stereocenters. The Hall–Kier alpha value is -3.55. The predicted molar refractivity (Wildman–Crippen MR) is 128 cm³/mol. The van der Waals surface area contributed by atoms with Gasteiger partial charge in [-0.1, -0.05) is 54.8 Å². The van der Waals surface area contributed by atoms with Gasteiger partial charge in [0.25, 0.3) is 10.0 Å². The van der Waals surface area contributed by atoms with E-state index in [1.807, 2.05) is 38.1 Å². The Morgan fingerprint density at radius 2 is 1.97 bits per heavy atom. The van der Waals surface area contributed by atoms with Gasteiger partial charge in [0.05, 0.1) is 22.9 Å². The molecule has 2 aromatic rings. The number of hydrogen-bond acceptors (Lipinski definition) is 5. The van der Waals surface area contributed by atoms with Gasteiger partial charge >= 0.3 is 5.97 Å². The van der Waals surface area contributed by atoms with Crippen molar-refractivity contribution in [2.45, 2.75) is 43.9 Å². The van der Waals surface area contributed by atoms with E-state index in [1.165, 1.54) is 12.1 Å². The van der Waals surface area contributed by atoms with E-state index in [0.29, 0.717) is 12.1 Å². The monoisotopic (exact) mass is 462 g/mol. The molecule has 1 N–H and O–H groups in total. The summed E-state index contributed by atoms with van der Waals surface area (Å²) in [4.78, 5) is 14.9. The predicted octanol–water partition coefficient (Wildman–Crippen LogP) is 3.76. The molecule has 1 aliphatic carbocycles. The normalized spacial score (nSPS) is 16.8. The zero-order valence-corrected chi connectivity index (χ0v) is 19.5. The molecular weight excluding hydrogens is 436 g/mol. The zero-order valence-electron chi connectivity index (χ0n) is 18.7. The topological polar surface area (TPSA) is 84.8 Å². The number of sulfonamides is 1. The summed E-state index contributed by atoms with van der Waals surface area (Å²) >= 11 is 0. The van der Waals surface area contributed by atoms with Gasteiger partial charge < -0.3 is 4.74 Å². The lowest BCUT2D eigenvalue weighted by molar-refractivity contribution is -0.144. The van der Waals surface area contributed by atoms with Crippen molar-refractivity contribution < 1.29 is 17.9 Å². The summed E-state index contributed by atoms with van der Waals surface area (Å²) < 4.78 is 30.6. The van der Waals surface area contributed by atoms with Gasteiger partial charge in [0.2, 0.25) is 0 Å². The number of ether oxygens (including phenoxy) is 1. The third-order valence-electron chi connectivity index (χ3n) is 5.48. The van der Waals surface area contributed by atoms with E-state index in [0.717, 1.165) is 23.1 Å². The fourth-order valence-corrected chi connectivity index (χ4v) is 4.43. The third-order valence-corrected chi connectivity index (χ3v) is 6.71. The second-order valence-corrected chi connectivity index (χ2v) is 9.52. The first-order valence-electron chi connectivity index (χ1n) is 10.7. The molecule has 0 saturated heterocycles. The molecule has 33 heavy (non-hydrogen) atoms. The SMILES string of the molecule is C#CC#CC(CC)COC(=O)CC1C/C(=N/NS(=O)(=O)c2ccc(C)cc2)c2ccccc21. The highest BCUT2D eigenvalue weighted by atomic mass is 32.2. The number of hydrazone groups is 1. The van der Waals surface area contributed by atoms with Crippen LogP contribution in [0.15, 0.2) is 58.5 Å². The minimum Gasteiger partial charge on any atom is -0.464 e. The van der Waals surface area contributed by atoms with Crippen LogP contribution < -0.4 is 4.83 Å².